The summed E-state index contributed by atoms with van der Waals surface area (Å²) in [6, 6.07) is 0. The molecule has 3 saturated carbocycles. The fourth-order valence-electron chi connectivity index (χ4n) is 6.81. The van der Waals surface area contributed by atoms with E-state index < -0.39 is 5.60 Å². The molecular weight excluding hydrogens is 511 g/mol. The number of aliphatic hydroxyl groups is 1. The van der Waals surface area contributed by atoms with Crippen LogP contribution in [0.3, 0.4) is 0 Å². The van der Waals surface area contributed by atoms with Gasteiger partial charge in [-0.15, -0.1) is 6.42 Å². The summed E-state index contributed by atoms with van der Waals surface area (Å²) in [7, 11) is 0. The number of allylic oxidation sites excluding steroid dienone is 1. The van der Waals surface area contributed by atoms with Crippen molar-refractivity contribution in [3.63, 3.8) is 0 Å². The van der Waals surface area contributed by atoms with E-state index in [1.807, 2.05) is 6.08 Å². The van der Waals surface area contributed by atoms with Gasteiger partial charge in [0.2, 0.25) is 0 Å². The third-order valence-electron chi connectivity index (χ3n) is 8.35. The molecule has 1 N–H and O–H groups in total. The van der Waals surface area contributed by atoms with E-state index in [0.717, 1.165) is 38.5 Å². The summed E-state index contributed by atoms with van der Waals surface area (Å²) < 4.78 is 0. The van der Waals surface area contributed by atoms with Crippen LogP contribution in [0.1, 0.15) is 65.2 Å². The average molecular weight is 539 g/mol. The van der Waals surface area contributed by atoms with Crippen LogP contribution in [0.15, 0.2) is 11.6 Å². The number of carbonyl (C=O) groups is 1. The Hall–Kier alpha value is 0.372. The summed E-state index contributed by atoms with van der Waals surface area (Å²) in [5.41, 5.74) is 0.575. The molecule has 0 aromatic rings. The van der Waals surface area contributed by atoms with Crippen LogP contribution in [0.2, 0.25) is 0 Å². The second kappa shape index (κ2) is 6.22. The summed E-state index contributed by atoms with van der Waals surface area (Å²) >= 11 is 0. The van der Waals surface area contributed by atoms with E-state index in [1.54, 1.807) is 0 Å². The molecule has 0 aromatic heterocycles. The van der Waals surface area contributed by atoms with Crippen molar-refractivity contribution < 1.29 is 54.0 Å². The summed E-state index contributed by atoms with van der Waals surface area (Å²) in [6.07, 6.45) is 15.6. The second-order valence-electron chi connectivity index (χ2n) is 8.97. The van der Waals surface area contributed by atoms with Crippen molar-refractivity contribution in [2.75, 3.05) is 0 Å². The molecule has 4 rings (SSSR count). The molecule has 4 aliphatic rings. The smallest absolute Gasteiger partial charge is 0.155 e. The maximum Gasteiger partial charge on any atom is 0.155 e. The Balaban J connectivity index is 0.00000169. The fraction of sp³-hybridized carbons (Fsp3) is 0.762. The minimum atomic E-state index is -0.914. The third-order valence-corrected chi connectivity index (χ3v) is 8.35. The molecule has 0 spiro atoms. The van der Waals surface area contributed by atoms with Gasteiger partial charge in [0.1, 0.15) is 5.60 Å². The molecule has 1 radical (unpaired) electrons. The topological polar surface area (TPSA) is 37.3 Å². The van der Waals surface area contributed by atoms with Gasteiger partial charge in [0, 0.05) is 55.9 Å². The Labute approximate surface area is 181 Å². The maximum atomic E-state index is 11.8. The first kappa shape index (κ1) is 19.1. The van der Waals surface area contributed by atoms with Crippen molar-refractivity contribution in [3.05, 3.63) is 11.6 Å². The molecule has 0 amide bonds. The number of hydrogen-bond donors (Lipinski definition) is 1. The first-order valence-corrected chi connectivity index (χ1v) is 9.28. The zero-order valence-corrected chi connectivity index (χ0v) is 19.7. The Morgan fingerprint density at radius 3 is 2.54 bits per heavy atom. The largest absolute Gasteiger partial charge is 0.377 e. The fourth-order valence-corrected chi connectivity index (χ4v) is 6.81. The zero-order valence-electron chi connectivity index (χ0n) is 15.0. The SMILES string of the molecule is C#CC1(O)CCC2C3CCC4=CC(=O)CCC4(C)C3CCC21C.[Ac]. The van der Waals surface area contributed by atoms with Crippen LogP contribution >= 0.6 is 0 Å². The van der Waals surface area contributed by atoms with Gasteiger partial charge in [-0.05, 0) is 74.2 Å². The summed E-state index contributed by atoms with van der Waals surface area (Å²) in [6.45, 7) is 4.63. The van der Waals surface area contributed by atoms with Crippen LogP contribution in [0.4, 0.5) is 0 Å². The summed E-state index contributed by atoms with van der Waals surface area (Å²) in [5.74, 6) is 4.93. The minimum Gasteiger partial charge on any atom is -0.377 e. The van der Waals surface area contributed by atoms with Crippen molar-refractivity contribution in [2.24, 2.45) is 28.6 Å². The van der Waals surface area contributed by atoms with Gasteiger partial charge in [0.05, 0.1) is 0 Å². The van der Waals surface area contributed by atoms with E-state index >= 15 is 0 Å². The molecule has 0 heterocycles. The molecular formula is C21H28AcO2. The molecule has 0 aliphatic heterocycles. The van der Waals surface area contributed by atoms with Crippen molar-refractivity contribution >= 4 is 5.78 Å². The van der Waals surface area contributed by atoms with Gasteiger partial charge in [0.25, 0.3) is 0 Å². The summed E-state index contributed by atoms with van der Waals surface area (Å²) in [5, 5.41) is 11.0. The predicted octanol–water partition coefficient (Wildman–Crippen LogP) is 3.88. The Kier molecular flexibility index (Phi) is 4.96. The number of hydrogen-bond acceptors (Lipinski definition) is 2. The molecule has 6 unspecified atom stereocenters. The summed E-state index contributed by atoms with van der Waals surface area (Å²) in [4.78, 5) is 11.8. The number of fused-ring (bicyclic) bond motifs is 5. The van der Waals surface area contributed by atoms with Gasteiger partial charge < -0.3 is 5.11 Å². The van der Waals surface area contributed by atoms with Gasteiger partial charge in [-0.25, -0.2) is 0 Å². The first-order valence-electron chi connectivity index (χ1n) is 9.28. The van der Waals surface area contributed by atoms with Gasteiger partial charge in [-0.3, -0.25) is 4.79 Å². The van der Waals surface area contributed by atoms with Crippen LogP contribution in [0.5, 0.6) is 0 Å². The number of carbonyl (C=O) groups excluding carboxylic acids is 1. The Morgan fingerprint density at radius 2 is 1.83 bits per heavy atom. The average Bonchev–Trinajstić information content (AvgIpc) is 2.80. The van der Waals surface area contributed by atoms with E-state index in [9.17, 15) is 9.90 Å². The van der Waals surface area contributed by atoms with E-state index in [2.05, 4.69) is 19.8 Å². The molecule has 2 nitrogen and oxygen atoms in total. The molecule has 0 aromatic carbocycles. The van der Waals surface area contributed by atoms with Gasteiger partial charge in [-0.2, -0.15) is 0 Å². The van der Waals surface area contributed by atoms with Crippen molar-refractivity contribution in [2.45, 2.75) is 70.8 Å². The normalized spacial score (nSPS) is 49.8. The van der Waals surface area contributed by atoms with Crippen molar-refractivity contribution in [3.8, 4) is 12.3 Å². The molecule has 0 bridgehead atoms. The monoisotopic (exact) mass is 539 g/mol. The van der Waals surface area contributed by atoms with E-state index in [4.69, 9.17) is 6.42 Å². The second-order valence-corrected chi connectivity index (χ2v) is 8.97. The van der Waals surface area contributed by atoms with E-state index in [-0.39, 0.29) is 54.9 Å². The standard InChI is InChI=1S/C21H28O2.Ac/c1-4-21(23)12-9-18-16-6-5-14-13-15(22)7-10-19(14,2)17(16)8-11-20(18,21)3;/h1,13,16-18,23H,5-12H2,2-3H3;. The Morgan fingerprint density at radius 1 is 1.12 bits per heavy atom. The van der Waals surface area contributed by atoms with Crippen molar-refractivity contribution in [1.29, 1.82) is 0 Å². The number of ketones is 1. The molecule has 3 fully saturated rings. The van der Waals surface area contributed by atoms with Crippen LogP contribution in [0.25, 0.3) is 0 Å². The quantitative estimate of drug-likeness (QED) is 0.475. The number of terminal acetylenes is 1. The van der Waals surface area contributed by atoms with Crippen LogP contribution in [0, 0.1) is 85.0 Å². The Bertz CT molecular complexity index is 632. The molecule has 4 aliphatic carbocycles. The first-order chi connectivity index (χ1) is 10.8. The molecule has 127 valence electrons. The molecule has 6 atom stereocenters. The molecule has 0 saturated heterocycles. The minimum absolute atomic E-state index is 0. The van der Waals surface area contributed by atoms with Crippen LogP contribution in [-0.2, 0) is 4.79 Å². The molecule has 24 heavy (non-hydrogen) atoms. The van der Waals surface area contributed by atoms with E-state index in [1.165, 1.54) is 12.0 Å². The van der Waals surface area contributed by atoms with Crippen molar-refractivity contribution in [1.82, 2.24) is 0 Å². The maximum absolute atomic E-state index is 11.8. The predicted molar refractivity (Wildman–Crippen MR) is 90.5 cm³/mol. The number of rotatable bonds is 0. The van der Waals surface area contributed by atoms with Crippen LogP contribution in [-0.4, -0.2) is 16.5 Å². The van der Waals surface area contributed by atoms with Crippen LogP contribution < -0.4 is 0 Å². The van der Waals surface area contributed by atoms with Gasteiger partial charge in [0.15, 0.2) is 5.78 Å². The molecule has 3 heteroatoms. The van der Waals surface area contributed by atoms with E-state index in [0.29, 0.717) is 30.0 Å². The third kappa shape index (κ3) is 2.39. The van der Waals surface area contributed by atoms with Gasteiger partial charge >= 0.3 is 0 Å². The van der Waals surface area contributed by atoms with Gasteiger partial charge in [-0.1, -0.05) is 25.3 Å². The zero-order chi connectivity index (χ0) is 16.5.